The van der Waals surface area contributed by atoms with Gasteiger partial charge in [0.2, 0.25) is 0 Å². The Morgan fingerprint density at radius 1 is 0.609 bits per heavy atom. The van der Waals surface area contributed by atoms with Gasteiger partial charge in [0.05, 0.1) is 0 Å². The van der Waals surface area contributed by atoms with E-state index in [1.54, 1.807) is 0 Å². The minimum atomic E-state index is 1.01. The molecule has 0 aliphatic rings. The van der Waals surface area contributed by atoms with Crippen LogP contribution >= 0.6 is 0 Å². The van der Waals surface area contributed by atoms with Crippen LogP contribution in [0.4, 0.5) is 0 Å². The molecule has 0 saturated carbocycles. The van der Waals surface area contributed by atoms with Gasteiger partial charge in [-0.05, 0) is 19.3 Å². The van der Waals surface area contributed by atoms with Crippen LogP contribution in [0.25, 0.3) is 0 Å². The first-order valence-electron chi connectivity index (χ1n) is 10.7. The van der Waals surface area contributed by atoms with Crippen LogP contribution in [0, 0.1) is 17.8 Å². The minimum absolute atomic E-state index is 1.01. The molecule has 0 aromatic carbocycles. The number of unbranched alkanes of at least 4 members (excludes halogenated alkanes) is 12. The van der Waals surface area contributed by atoms with E-state index in [1.807, 2.05) is 6.92 Å². The normalized spacial score (nSPS) is 12.0. The fourth-order valence-electron chi connectivity index (χ4n) is 3.42. The maximum atomic E-state index is 3.16. The summed E-state index contributed by atoms with van der Waals surface area (Å²) in [6.07, 6.45) is 24.1. The van der Waals surface area contributed by atoms with Crippen LogP contribution in [0.2, 0.25) is 0 Å². The van der Waals surface area contributed by atoms with Gasteiger partial charge >= 0.3 is 0 Å². The van der Waals surface area contributed by atoms with Crippen molar-refractivity contribution in [3.8, 4) is 11.8 Å². The first-order valence-corrected chi connectivity index (χ1v) is 10.7. The van der Waals surface area contributed by atoms with E-state index in [2.05, 4.69) is 25.7 Å². The zero-order valence-electron chi connectivity index (χ0n) is 16.6. The van der Waals surface area contributed by atoms with E-state index < -0.39 is 0 Å². The maximum absolute atomic E-state index is 3.16. The lowest BCUT2D eigenvalue weighted by molar-refractivity contribution is 0.392. The summed E-state index contributed by atoms with van der Waals surface area (Å²) in [6, 6.07) is 0. The Labute approximate surface area is 148 Å². The summed E-state index contributed by atoms with van der Waals surface area (Å²) < 4.78 is 0. The molecule has 0 aromatic rings. The Bertz CT molecular complexity index is 267. The van der Waals surface area contributed by atoms with Gasteiger partial charge in [-0.3, -0.25) is 0 Å². The molecule has 0 nitrogen and oxygen atoms in total. The zero-order chi connectivity index (χ0) is 17.0. The molecule has 0 bridgehead atoms. The van der Waals surface area contributed by atoms with Gasteiger partial charge in [0.15, 0.2) is 0 Å². The van der Waals surface area contributed by atoms with Crippen molar-refractivity contribution in [2.24, 2.45) is 5.92 Å². The van der Waals surface area contributed by atoms with Crippen LogP contribution in [0.1, 0.15) is 130 Å². The molecule has 0 radical (unpaired) electrons. The highest BCUT2D eigenvalue weighted by molar-refractivity contribution is 4.94. The molecule has 23 heavy (non-hydrogen) atoms. The molecule has 0 N–H and O–H groups in total. The van der Waals surface area contributed by atoms with E-state index >= 15 is 0 Å². The highest BCUT2D eigenvalue weighted by atomic mass is 14.1. The Morgan fingerprint density at radius 3 is 1.57 bits per heavy atom. The summed E-state index contributed by atoms with van der Waals surface area (Å²) in [7, 11) is 0. The second-order valence-electron chi connectivity index (χ2n) is 7.27. The molecule has 0 rings (SSSR count). The highest BCUT2D eigenvalue weighted by Crippen LogP contribution is 2.21. The molecular formula is C23H44. The highest BCUT2D eigenvalue weighted by Gasteiger charge is 2.05. The molecule has 0 amide bonds. The predicted octanol–water partition coefficient (Wildman–Crippen LogP) is 8.30. The predicted molar refractivity (Wildman–Crippen MR) is 107 cm³/mol. The monoisotopic (exact) mass is 320 g/mol. The average Bonchev–Trinajstić information content (AvgIpc) is 2.57. The summed E-state index contributed by atoms with van der Waals surface area (Å²) in [6.45, 7) is 6.63. The molecule has 0 fully saturated rings. The second kappa shape index (κ2) is 19.6. The van der Waals surface area contributed by atoms with E-state index in [0.717, 1.165) is 12.3 Å². The topological polar surface area (TPSA) is 0 Å². The summed E-state index contributed by atoms with van der Waals surface area (Å²) in [5.41, 5.74) is 0. The van der Waals surface area contributed by atoms with Gasteiger partial charge in [-0.1, -0.05) is 110 Å². The Morgan fingerprint density at radius 2 is 1.09 bits per heavy atom. The molecule has 0 heteroatoms. The minimum Gasteiger partial charge on any atom is -0.107 e. The standard InChI is InChI=1S/C23H44/c1-4-7-9-11-13-14-15-16-18-20-22-23(6-3)21-19-17-12-10-8-5-2/h23H,5-6,8-22H2,1-3H3. The summed E-state index contributed by atoms with van der Waals surface area (Å²) in [5.74, 6) is 7.15. The van der Waals surface area contributed by atoms with E-state index in [9.17, 15) is 0 Å². The first-order chi connectivity index (χ1) is 11.3. The third-order valence-corrected chi connectivity index (χ3v) is 5.13. The Kier molecular flexibility index (Phi) is 19.2. The van der Waals surface area contributed by atoms with Crippen molar-refractivity contribution in [1.29, 1.82) is 0 Å². The third-order valence-electron chi connectivity index (χ3n) is 5.13. The van der Waals surface area contributed by atoms with Gasteiger partial charge in [0.25, 0.3) is 0 Å². The smallest absolute Gasteiger partial charge is 0.00885 e. The summed E-state index contributed by atoms with van der Waals surface area (Å²) in [4.78, 5) is 0. The van der Waals surface area contributed by atoms with Crippen LogP contribution in [0.3, 0.4) is 0 Å². The summed E-state index contributed by atoms with van der Waals surface area (Å²) in [5, 5.41) is 0. The summed E-state index contributed by atoms with van der Waals surface area (Å²) >= 11 is 0. The van der Waals surface area contributed by atoms with Gasteiger partial charge in [0, 0.05) is 6.42 Å². The van der Waals surface area contributed by atoms with Crippen LogP contribution in [0.5, 0.6) is 0 Å². The third kappa shape index (κ3) is 17.7. The molecule has 0 aliphatic carbocycles. The van der Waals surface area contributed by atoms with E-state index in [0.29, 0.717) is 0 Å². The number of hydrogen-bond acceptors (Lipinski definition) is 0. The Hall–Kier alpha value is -0.440. The van der Waals surface area contributed by atoms with Gasteiger partial charge in [-0.15, -0.1) is 11.8 Å². The van der Waals surface area contributed by atoms with Crippen molar-refractivity contribution in [2.45, 2.75) is 130 Å². The fraction of sp³-hybridized carbons (Fsp3) is 0.913. The van der Waals surface area contributed by atoms with Crippen LogP contribution in [-0.4, -0.2) is 0 Å². The van der Waals surface area contributed by atoms with Crippen molar-refractivity contribution in [2.75, 3.05) is 0 Å². The van der Waals surface area contributed by atoms with Crippen molar-refractivity contribution in [1.82, 2.24) is 0 Å². The van der Waals surface area contributed by atoms with Crippen molar-refractivity contribution in [3.05, 3.63) is 0 Å². The first kappa shape index (κ1) is 22.6. The average molecular weight is 321 g/mol. The van der Waals surface area contributed by atoms with Gasteiger partial charge in [-0.2, -0.15) is 0 Å². The lowest BCUT2D eigenvalue weighted by Crippen LogP contribution is -1.99. The molecule has 136 valence electrons. The van der Waals surface area contributed by atoms with Crippen LogP contribution in [-0.2, 0) is 0 Å². The van der Waals surface area contributed by atoms with Crippen LogP contribution < -0.4 is 0 Å². The maximum Gasteiger partial charge on any atom is 0.00885 e. The molecule has 1 atom stereocenters. The van der Waals surface area contributed by atoms with Gasteiger partial charge in [-0.25, -0.2) is 0 Å². The molecule has 0 heterocycles. The molecule has 0 saturated heterocycles. The van der Waals surface area contributed by atoms with Crippen molar-refractivity contribution >= 4 is 0 Å². The molecular weight excluding hydrogens is 276 g/mol. The van der Waals surface area contributed by atoms with E-state index in [4.69, 9.17) is 0 Å². The molecule has 0 aliphatic heterocycles. The zero-order valence-corrected chi connectivity index (χ0v) is 16.6. The SMILES string of the molecule is CC#CCCCCCCCCCC(CC)CCCCCCCC. The van der Waals surface area contributed by atoms with Gasteiger partial charge in [0.1, 0.15) is 0 Å². The number of rotatable bonds is 17. The fourth-order valence-corrected chi connectivity index (χ4v) is 3.42. The van der Waals surface area contributed by atoms with Crippen LogP contribution in [0.15, 0.2) is 0 Å². The lowest BCUT2D eigenvalue weighted by atomic mass is 9.92. The second-order valence-corrected chi connectivity index (χ2v) is 7.27. The lowest BCUT2D eigenvalue weighted by Gasteiger charge is -2.14. The Balaban J connectivity index is 3.30. The van der Waals surface area contributed by atoms with E-state index in [-0.39, 0.29) is 0 Å². The van der Waals surface area contributed by atoms with Gasteiger partial charge < -0.3 is 0 Å². The van der Waals surface area contributed by atoms with Crippen molar-refractivity contribution in [3.63, 3.8) is 0 Å². The quantitative estimate of drug-likeness (QED) is 0.187. The largest absolute Gasteiger partial charge is 0.107 e. The van der Waals surface area contributed by atoms with E-state index in [1.165, 1.54) is 103 Å². The molecule has 1 unspecified atom stereocenters. The van der Waals surface area contributed by atoms with Crippen molar-refractivity contribution < 1.29 is 0 Å². The molecule has 0 aromatic heterocycles. The molecule has 0 spiro atoms. The number of hydrogen-bond donors (Lipinski definition) is 0.